The second-order valence-electron chi connectivity index (χ2n) is 4.84. The van der Waals surface area contributed by atoms with E-state index in [0.717, 1.165) is 11.3 Å². The topological polar surface area (TPSA) is 69.2 Å². The molecule has 1 aliphatic carbocycles. The molecule has 0 fully saturated rings. The standard InChI is InChI=1S/C15H14N2O2S/c16-15-13-4-2-1-3-10(13)9-14(15)20-12-7-5-11(6-8-12)17(18)19/h1-8,14-15H,9,16H2. The lowest BCUT2D eigenvalue weighted by atomic mass is 10.1. The van der Waals surface area contributed by atoms with E-state index in [9.17, 15) is 10.1 Å². The van der Waals surface area contributed by atoms with E-state index in [1.165, 1.54) is 23.3 Å². The van der Waals surface area contributed by atoms with Crippen LogP contribution in [-0.2, 0) is 6.42 Å². The highest BCUT2D eigenvalue weighted by Crippen LogP contribution is 2.40. The molecule has 2 atom stereocenters. The molecule has 20 heavy (non-hydrogen) atoms. The van der Waals surface area contributed by atoms with Crippen molar-refractivity contribution in [3.63, 3.8) is 0 Å². The number of nitrogens with two attached hydrogens (primary N) is 1. The Labute approximate surface area is 121 Å². The zero-order valence-corrected chi connectivity index (χ0v) is 11.5. The zero-order valence-electron chi connectivity index (χ0n) is 10.7. The fourth-order valence-corrected chi connectivity index (χ4v) is 3.72. The van der Waals surface area contributed by atoms with Crippen LogP contribution in [0.5, 0.6) is 0 Å². The molecule has 4 nitrogen and oxygen atoms in total. The molecule has 0 amide bonds. The molecule has 2 aromatic carbocycles. The average molecular weight is 286 g/mol. The highest BCUT2D eigenvalue weighted by atomic mass is 32.2. The Balaban J connectivity index is 1.75. The summed E-state index contributed by atoms with van der Waals surface area (Å²) >= 11 is 1.69. The van der Waals surface area contributed by atoms with Crippen LogP contribution in [0.25, 0.3) is 0 Å². The second-order valence-corrected chi connectivity index (χ2v) is 6.15. The Morgan fingerprint density at radius 2 is 1.85 bits per heavy atom. The molecule has 5 heteroatoms. The Hall–Kier alpha value is -1.85. The van der Waals surface area contributed by atoms with Gasteiger partial charge in [0, 0.05) is 28.3 Å². The summed E-state index contributed by atoms with van der Waals surface area (Å²) in [6.07, 6.45) is 0.943. The van der Waals surface area contributed by atoms with Crippen molar-refractivity contribution in [2.75, 3.05) is 0 Å². The van der Waals surface area contributed by atoms with Crippen molar-refractivity contribution in [3.05, 3.63) is 69.8 Å². The van der Waals surface area contributed by atoms with Gasteiger partial charge >= 0.3 is 0 Å². The third kappa shape index (κ3) is 2.42. The lowest BCUT2D eigenvalue weighted by Crippen LogP contribution is -2.18. The minimum atomic E-state index is -0.383. The van der Waals surface area contributed by atoms with Gasteiger partial charge in [0.1, 0.15) is 0 Å². The summed E-state index contributed by atoms with van der Waals surface area (Å²) in [7, 11) is 0. The van der Waals surface area contributed by atoms with Crippen molar-refractivity contribution in [2.24, 2.45) is 5.73 Å². The largest absolute Gasteiger partial charge is 0.323 e. The maximum absolute atomic E-state index is 10.6. The molecule has 0 radical (unpaired) electrons. The van der Waals surface area contributed by atoms with Crippen LogP contribution in [0.4, 0.5) is 5.69 Å². The lowest BCUT2D eigenvalue weighted by Gasteiger charge is -2.15. The van der Waals surface area contributed by atoms with Crippen molar-refractivity contribution >= 4 is 17.4 Å². The first-order valence-electron chi connectivity index (χ1n) is 6.39. The van der Waals surface area contributed by atoms with Crippen molar-refractivity contribution in [3.8, 4) is 0 Å². The van der Waals surface area contributed by atoms with Gasteiger partial charge in [0.15, 0.2) is 0 Å². The molecule has 0 heterocycles. The van der Waals surface area contributed by atoms with Crippen molar-refractivity contribution in [2.45, 2.75) is 22.6 Å². The molecule has 1 aliphatic rings. The minimum absolute atomic E-state index is 0.0198. The quantitative estimate of drug-likeness (QED) is 0.694. The van der Waals surface area contributed by atoms with E-state index in [-0.39, 0.29) is 21.9 Å². The van der Waals surface area contributed by atoms with Crippen molar-refractivity contribution < 1.29 is 4.92 Å². The summed E-state index contributed by atoms with van der Waals surface area (Å²) in [5.74, 6) is 0. The highest BCUT2D eigenvalue weighted by molar-refractivity contribution is 8.00. The molecule has 0 spiro atoms. The molecular weight excluding hydrogens is 272 g/mol. The molecule has 102 valence electrons. The molecule has 0 aromatic heterocycles. The minimum Gasteiger partial charge on any atom is -0.323 e. The number of hydrogen-bond donors (Lipinski definition) is 1. The number of benzene rings is 2. The predicted octanol–water partition coefficient (Wildman–Crippen LogP) is 3.31. The van der Waals surface area contributed by atoms with Crippen molar-refractivity contribution in [1.82, 2.24) is 0 Å². The number of nitro benzene ring substituents is 1. The molecule has 0 aliphatic heterocycles. The van der Waals surface area contributed by atoms with E-state index >= 15 is 0 Å². The number of thioether (sulfide) groups is 1. The summed E-state index contributed by atoms with van der Waals surface area (Å²) < 4.78 is 0. The van der Waals surface area contributed by atoms with Gasteiger partial charge in [-0.2, -0.15) is 0 Å². The summed E-state index contributed by atoms with van der Waals surface area (Å²) in [4.78, 5) is 11.3. The van der Waals surface area contributed by atoms with Gasteiger partial charge in [0.2, 0.25) is 0 Å². The monoisotopic (exact) mass is 286 g/mol. The SMILES string of the molecule is NC1c2ccccc2CC1Sc1ccc([N+](=O)[O-])cc1. The molecular formula is C15H14N2O2S. The third-order valence-corrected chi connectivity index (χ3v) is 4.88. The Kier molecular flexibility index (Phi) is 3.46. The van der Waals surface area contributed by atoms with Gasteiger partial charge in [-0.1, -0.05) is 24.3 Å². The average Bonchev–Trinajstić information content (AvgIpc) is 2.77. The zero-order chi connectivity index (χ0) is 14.1. The fraction of sp³-hybridized carbons (Fsp3) is 0.200. The maximum Gasteiger partial charge on any atom is 0.269 e. The third-order valence-electron chi connectivity index (χ3n) is 3.57. The molecule has 0 saturated heterocycles. The van der Waals surface area contributed by atoms with E-state index in [1.807, 2.05) is 12.1 Å². The number of hydrogen-bond acceptors (Lipinski definition) is 4. The van der Waals surface area contributed by atoms with Gasteiger partial charge in [-0.05, 0) is 29.7 Å². The molecule has 0 bridgehead atoms. The van der Waals surface area contributed by atoms with Crippen molar-refractivity contribution in [1.29, 1.82) is 0 Å². The molecule has 2 unspecified atom stereocenters. The number of nitrogens with zero attached hydrogens (tertiary/aromatic N) is 1. The Morgan fingerprint density at radius 3 is 2.50 bits per heavy atom. The van der Waals surface area contributed by atoms with Gasteiger partial charge in [-0.3, -0.25) is 10.1 Å². The second kappa shape index (κ2) is 5.26. The van der Waals surface area contributed by atoms with E-state index in [2.05, 4.69) is 12.1 Å². The van der Waals surface area contributed by atoms with Gasteiger partial charge < -0.3 is 5.73 Å². The highest BCUT2D eigenvalue weighted by Gasteiger charge is 2.29. The van der Waals surface area contributed by atoms with Crippen LogP contribution in [0.1, 0.15) is 17.2 Å². The van der Waals surface area contributed by atoms with Gasteiger partial charge in [0.05, 0.1) is 4.92 Å². The fourth-order valence-electron chi connectivity index (χ4n) is 2.53. The number of non-ortho nitro benzene ring substituents is 1. The number of rotatable bonds is 3. The lowest BCUT2D eigenvalue weighted by molar-refractivity contribution is -0.384. The van der Waals surface area contributed by atoms with E-state index in [0.29, 0.717) is 0 Å². The summed E-state index contributed by atoms with van der Waals surface area (Å²) in [6, 6.07) is 14.9. The van der Waals surface area contributed by atoms with Gasteiger partial charge in [-0.25, -0.2) is 0 Å². The summed E-state index contributed by atoms with van der Waals surface area (Å²) in [5.41, 5.74) is 8.93. The Bertz CT molecular complexity index is 643. The van der Waals surface area contributed by atoms with Crippen LogP contribution in [0.3, 0.4) is 0 Å². The molecule has 2 aromatic rings. The molecule has 0 saturated carbocycles. The van der Waals surface area contributed by atoms with E-state index in [4.69, 9.17) is 5.73 Å². The molecule has 3 rings (SSSR count). The first-order valence-corrected chi connectivity index (χ1v) is 7.27. The smallest absolute Gasteiger partial charge is 0.269 e. The predicted molar refractivity (Wildman–Crippen MR) is 79.8 cm³/mol. The van der Waals surface area contributed by atoms with E-state index < -0.39 is 0 Å². The first kappa shape index (κ1) is 13.1. The van der Waals surface area contributed by atoms with E-state index in [1.54, 1.807) is 23.9 Å². The Morgan fingerprint density at radius 1 is 1.15 bits per heavy atom. The van der Waals surface area contributed by atoms with Gasteiger partial charge in [0.25, 0.3) is 5.69 Å². The van der Waals surface area contributed by atoms with Gasteiger partial charge in [-0.15, -0.1) is 11.8 Å². The van der Waals surface area contributed by atoms with Crippen LogP contribution in [0.15, 0.2) is 53.4 Å². The first-order chi connectivity index (χ1) is 9.65. The maximum atomic E-state index is 10.6. The molecule has 2 N–H and O–H groups in total. The van der Waals surface area contributed by atoms with Crippen LogP contribution < -0.4 is 5.73 Å². The summed E-state index contributed by atoms with van der Waals surface area (Å²) in [6.45, 7) is 0. The van der Waals surface area contributed by atoms with Crippen LogP contribution in [0, 0.1) is 10.1 Å². The summed E-state index contributed by atoms with van der Waals surface area (Å²) in [5, 5.41) is 10.9. The number of fused-ring (bicyclic) bond motifs is 1. The van der Waals surface area contributed by atoms with Crippen LogP contribution in [0.2, 0.25) is 0 Å². The van der Waals surface area contributed by atoms with Crippen LogP contribution >= 0.6 is 11.8 Å². The normalized spacial score (nSPS) is 20.6. The number of nitro groups is 1. The van der Waals surface area contributed by atoms with Crippen LogP contribution in [-0.4, -0.2) is 10.2 Å².